The van der Waals surface area contributed by atoms with Gasteiger partial charge < -0.3 is 20.1 Å². The normalized spacial score (nSPS) is 17.1. The number of phenols is 2. The predicted octanol–water partition coefficient (Wildman–Crippen LogP) is 10.7. The third-order valence-electron chi connectivity index (χ3n) is 9.55. The second-order valence-corrected chi connectivity index (χ2v) is 18.6. The number of ketones is 1. The predicted molar refractivity (Wildman–Crippen MR) is 214 cm³/mol. The second-order valence-electron chi connectivity index (χ2n) is 18.6. The van der Waals surface area contributed by atoms with Crippen molar-refractivity contribution in [2.45, 2.75) is 182 Å². The van der Waals surface area contributed by atoms with Crippen molar-refractivity contribution in [2.24, 2.45) is 9.98 Å². The maximum atomic E-state index is 11.2. The Bertz CT molecular complexity index is 1430. The van der Waals surface area contributed by atoms with Gasteiger partial charge in [0.1, 0.15) is 17.3 Å². The molecule has 0 bridgehead atoms. The molecule has 293 valence electrons. The molecular weight excluding hydrogens is 695 g/mol. The van der Waals surface area contributed by atoms with Gasteiger partial charge in [-0.15, -0.1) is 0 Å². The van der Waals surface area contributed by atoms with E-state index in [1.165, 1.54) is 11.1 Å². The Hall–Kier alpha value is -2.97. The maximum Gasteiger partial charge on any atom is 0.303 e. The van der Waals surface area contributed by atoms with Crippen LogP contribution in [0.1, 0.15) is 181 Å². The molecule has 1 saturated carbocycles. The average molecular weight is 764 g/mol. The zero-order valence-corrected chi connectivity index (χ0v) is 35.4. The van der Waals surface area contributed by atoms with Gasteiger partial charge in [0.25, 0.3) is 0 Å². The van der Waals surface area contributed by atoms with Gasteiger partial charge in [0.15, 0.2) is 0 Å². The van der Waals surface area contributed by atoms with E-state index < -0.39 is 5.97 Å². The Labute approximate surface area is 325 Å². The van der Waals surface area contributed by atoms with Crippen molar-refractivity contribution in [1.29, 1.82) is 0 Å². The van der Waals surface area contributed by atoms with Gasteiger partial charge in [-0.3, -0.25) is 14.8 Å². The van der Waals surface area contributed by atoms with Crippen LogP contribution < -0.4 is 0 Å². The van der Waals surface area contributed by atoms with Crippen LogP contribution in [0.25, 0.3) is 0 Å². The van der Waals surface area contributed by atoms with Crippen molar-refractivity contribution in [2.75, 3.05) is 0 Å². The summed E-state index contributed by atoms with van der Waals surface area (Å²) < 4.78 is 0. The summed E-state index contributed by atoms with van der Waals surface area (Å²) in [5, 5.41) is 30.7. The largest absolute Gasteiger partial charge is 0.507 e. The molecule has 7 nitrogen and oxygen atoms in total. The minimum atomic E-state index is -0.757. The van der Waals surface area contributed by atoms with E-state index in [0.717, 1.165) is 60.8 Å². The molecule has 1 aliphatic rings. The van der Waals surface area contributed by atoms with Gasteiger partial charge in [-0.05, 0) is 77.5 Å². The van der Waals surface area contributed by atoms with E-state index in [-0.39, 0.29) is 62.7 Å². The van der Waals surface area contributed by atoms with E-state index >= 15 is 0 Å². The summed E-state index contributed by atoms with van der Waals surface area (Å²) in [7, 11) is 0. The molecule has 1 fully saturated rings. The molecule has 1 radical (unpaired) electrons. The molecule has 0 amide bonds. The molecule has 2 unspecified atom stereocenters. The number of unbranched alkanes of at least 4 members (excludes halogenated alkanes) is 2. The first-order valence-corrected chi connectivity index (χ1v) is 18.9. The summed E-state index contributed by atoms with van der Waals surface area (Å²) in [4.78, 5) is 30.5. The summed E-state index contributed by atoms with van der Waals surface area (Å²) in [6.07, 6.45) is 11.1. The molecule has 3 N–H and O–H groups in total. The third-order valence-corrected chi connectivity index (χ3v) is 9.55. The number of aromatic hydroxyl groups is 2. The Balaban J connectivity index is 0.000000973. The van der Waals surface area contributed by atoms with Crippen LogP contribution in [0.15, 0.2) is 34.3 Å². The zero-order chi connectivity index (χ0) is 38.9. The number of rotatable bonds is 10. The molecule has 0 aromatic heterocycles. The van der Waals surface area contributed by atoms with Gasteiger partial charge in [0, 0.05) is 64.3 Å². The Morgan fingerprint density at radius 3 is 1.31 bits per heavy atom. The van der Waals surface area contributed by atoms with Crippen molar-refractivity contribution in [1.82, 2.24) is 0 Å². The molecule has 8 heteroatoms. The van der Waals surface area contributed by atoms with Crippen LogP contribution in [0.3, 0.4) is 0 Å². The summed E-state index contributed by atoms with van der Waals surface area (Å²) in [5.41, 5.74) is 5.39. The fourth-order valence-corrected chi connectivity index (χ4v) is 6.14. The maximum absolute atomic E-state index is 11.2. The van der Waals surface area contributed by atoms with Gasteiger partial charge in [-0.1, -0.05) is 114 Å². The summed E-state index contributed by atoms with van der Waals surface area (Å²) in [5.74, 6) is 0.0608. The molecule has 2 aromatic rings. The molecule has 0 heterocycles. The molecule has 2 aromatic carbocycles. The number of nitrogens with zero attached hydrogens (tertiary/aromatic N) is 2. The van der Waals surface area contributed by atoms with Crippen molar-refractivity contribution >= 4 is 24.2 Å². The number of carboxylic acids is 1. The number of carbonyl (C=O) groups excluding carboxylic acids is 1. The number of hydrogen-bond acceptors (Lipinski definition) is 6. The summed E-state index contributed by atoms with van der Waals surface area (Å²) in [6.45, 7) is 27.6. The van der Waals surface area contributed by atoms with E-state index in [9.17, 15) is 19.8 Å². The quantitative estimate of drug-likeness (QED) is 0.164. The van der Waals surface area contributed by atoms with Crippen LogP contribution in [-0.4, -0.2) is 51.6 Å². The van der Waals surface area contributed by atoms with Crippen LogP contribution in [0.4, 0.5) is 0 Å². The van der Waals surface area contributed by atoms with Crippen LogP contribution in [0.2, 0.25) is 0 Å². The van der Waals surface area contributed by atoms with Gasteiger partial charge in [-0.25, -0.2) is 0 Å². The third kappa shape index (κ3) is 14.8. The van der Waals surface area contributed by atoms with Gasteiger partial charge in [-0.2, -0.15) is 0 Å². The summed E-state index contributed by atoms with van der Waals surface area (Å²) >= 11 is 0. The Morgan fingerprint density at radius 2 is 1.00 bits per heavy atom. The van der Waals surface area contributed by atoms with E-state index in [1.54, 1.807) is 6.92 Å². The standard InChI is InChI=1S/C36H54N2O2.C8H14O3.Co/c1-33(2,3)25-17-23(31(39)27(19-25)35(7,8)9)21-37-29-15-13-14-16-30(29)38-22-24-18-26(34(4,5)6)20-28(32(24)40)36(10,11)12;1-7(9)5-3-2-4-6-8(10)11;/h17-22,29-30,39-40H,13-16H2,1-12H3;2-6H2,1H3,(H,10,11);. The fraction of sp³-hybridized carbons (Fsp3) is 0.636. The molecule has 52 heavy (non-hydrogen) atoms. The topological polar surface area (TPSA) is 120 Å². The van der Waals surface area contributed by atoms with Gasteiger partial charge in [0.05, 0.1) is 12.1 Å². The first kappa shape index (κ1) is 47.0. The number of hydrogen-bond donors (Lipinski definition) is 3. The molecule has 0 spiro atoms. The Kier molecular flexibility index (Phi) is 17.5. The molecule has 0 aliphatic heterocycles. The zero-order valence-electron chi connectivity index (χ0n) is 34.4. The fourth-order valence-electron chi connectivity index (χ4n) is 6.14. The SMILES string of the molecule is CC(=O)CCCCCC(=O)O.CC(C)(C)c1cc(C=NC2CCCCC2N=Cc2cc(C(C)(C)C)cc(C(C)(C)C)c2O)c(O)c(C(C)(C)C)c1.[Co]. The van der Waals surface area contributed by atoms with E-state index in [1.807, 2.05) is 12.4 Å². The van der Waals surface area contributed by atoms with Crippen LogP contribution in [-0.2, 0) is 48.0 Å². The van der Waals surface area contributed by atoms with Crippen molar-refractivity contribution in [3.63, 3.8) is 0 Å². The molecule has 1 aliphatic carbocycles. The smallest absolute Gasteiger partial charge is 0.303 e. The number of aliphatic imine (C=N–C) groups is 2. The van der Waals surface area contributed by atoms with Crippen molar-refractivity contribution in [3.05, 3.63) is 57.6 Å². The first-order chi connectivity index (χ1) is 23.3. The average Bonchev–Trinajstić information content (AvgIpc) is 2.98. The van der Waals surface area contributed by atoms with E-state index in [0.29, 0.717) is 24.3 Å². The number of Topliss-reactive ketones (excluding diaryl/α,β-unsaturated/α-hetero) is 1. The van der Waals surface area contributed by atoms with E-state index in [2.05, 4.69) is 107 Å². The number of aliphatic carboxylic acids is 1. The van der Waals surface area contributed by atoms with Crippen molar-refractivity contribution < 1.29 is 41.7 Å². The minimum absolute atomic E-state index is 0. The number of carboxylic acid groups (broad SMARTS) is 1. The molecule has 2 atom stereocenters. The molecule has 3 rings (SSSR count). The van der Waals surface area contributed by atoms with Crippen LogP contribution in [0, 0.1) is 0 Å². The number of phenolic OH excluding ortho intramolecular Hbond substituents is 2. The molecular formula is C44H68CoN2O5. The van der Waals surface area contributed by atoms with Crippen LogP contribution in [0.5, 0.6) is 11.5 Å². The van der Waals surface area contributed by atoms with Gasteiger partial charge in [0.2, 0.25) is 0 Å². The summed E-state index contributed by atoms with van der Waals surface area (Å²) in [6, 6.07) is 8.53. The van der Waals surface area contributed by atoms with Crippen LogP contribution >= 0.6 is 0 Å². The van der Waals surface area contributed by atoms with E-state index in [4.69, 9.17) is 15.1 Å². The monoisotopic (exact) mass is 763 g/mol. The van der Waals surface area contributed by atoms with Crippen molar-refractivity contribution in [3.8, 4) is 11.5 Å². The number of carbonyl (C=O) groups is 2. The Morgan fingerprint density at radius 1 is 0.635 bits per heavy atom. The second kappa shape index (κ2) is 19.4. The first-order valence-electron chi connectivity index (χ1n) is 18.9. The molecule has 0 saturated heterocycles. The minimum Gasteiger partial charge on any atom is -0.507 e. The number of benzene rings is 2. The van der Waals surface area contributed by atoms with Gasteiger partial charge >= 0.3 is 5.97 Å².